The van der Waals surface area contributed by atoms with Gasteiger partial charge in [-0.1, -0.05) is 26.7 Å². The van der Waals surface area contributed by atoms with Gasteiger partial charge in [0.1, 0.15) is 0 Å². The van der Waals surface area contributed by atoms with Gasteiger partial charge in [0.05, 0.1) is 0 Å². The predicted molar refractivity (Wildman–Crippen MR) is 40.2 cm³/mol. The minimum absolute atomic E-state index is 0.951. The molecule has 0 aromatic heterocycles. The lowest BCUT2D eigenvalue weighted by molar-refractivity contribution is 0.513. The van der Waals surface area contributed by atoms with Crippen LogP contribution in [0.1, 0.15) is 33.1 Å². The van der Waals surface area contributed by atoms with Crippen LogP contribution in [0.5, 0.6) is 0 Å². The Morgan fingerprint density at radius 2 is 2.00 bits per heavy atom. The summed E-state index contributed by atoms with van der Waals surface area (Å²) in [6.07, 6.45) is 3.81. The normalized spacial score (nSPS) is 10.0. The first-order valence-corrected chi connectivity index (χ1v) is 3.81. The van der Waals surface area contributed by atoms with Crippen LogP contribution in [0.2, 0.25) is 0 Å². The highest BCUT2D eigenvalue weighted by Gasteiger charge is 1.84. The van der Waals surface area contributed by atoms with E-state index in [9.17, 15) is 0 Å². The summed E-state index contributed by atoms with van der Waals surface area (Å²) in [5.74, 6) is 0. The van der Waals surface area contributed by atoms with Crippen molar-refractivity contribution in [1.29, 1.82) is 0 Å². The van der Waals surface area contributed by atoms with Crippen molar-refractivity contribution >= 4 is 0 Å². The minimum Gasteiger partial charge on any atom is -0.240 e. The molecule has 1 radical (unpaired) electrons. The summed E-state index contributed by atoms with van der Waals surface area (Å²) in [5.41, 5.74) is 7.01. The van der Waals surface area contributed by atoms with Crippen LogP contribution >= 0.6 is 0 Å². The van der Waals surface area contributed by atoms with Crippen molar-refractivity contribution in [3.05, 3.63) is 0 Å². The van der Waals surface area contributed by atoms with E-state index >= 15 is 0 Å². The molecule has 0 spiro atoms. The van der Waals surface area contributed by atoms with Crippen LogP contribution in [0.3, 0.4) is 0 Å². The molecule has 0 aromatic rings. The zero-order chi connectivity index (χ0) is 6.95. The van der Waals surface area contributed by atoms with Crippen molar-refractivity contribution in [3.8, 4) is 0 Å². The summed E-state index contributed by atoms with van der Waals surface area (Å²) < 4.78 is 0. The van der Waals surface area contributed by atoms with E-state index in [4.69, 9.17) is 0 Å². The molecule has 0 aliphatic rings. The highest BCUT2D eigenvalue weighted by molar-refractivity contribution is 4.40. The van der Waals surface area contributed by atoms with Gasteiger partial charge in [-0.25, -0.2) is 5.43 Å². The molecule has 0 unspecified atom stereocenters. The number of nitrogens with zero attached hydrogens (tertiary/aromatic N) is 1. The molecule has 0 rings (SSSR count). The van der Waals surface area contributed by atoms with Crippen molar-refractivity contribution in [2.75, 3.05) is 13.1 Å². The summed E-state index contributed by atoms with van der Waals surface area (Å²) in [4.78, 5) is 0. The fraction of sp³-hybridized carbons (Fsp3) is 1.00. The number of hydrogen-bond acceptors (Lipinski definition) is 1. The van der Waals surface area contributed by atoms with Gasteiger partial charge in [0.2, 0.25) is 0 Å². The summed E-state index contributed by atoms with van der Waals surface area (Å²) in [6, 6.07) is 0. The zero-order valence-corrected chi connectivity index (χ0v) is 6.48. The molecule has 0 saturated heterocycles. The Kier molecular flexibility index (Phi) is 7.85. The number of nitrogens with one attached hydrogen (secondary N) is 1. The van der Waals surface area contributed by atoms with E-state index in [-0.39, 0.29) is 0 Å². The third kappa shape index (κ3) is 7.92. The van der Waals surface area contributed by atoms with Crippen LogP contribution in [-0.2, 0) is 0 Å². The maximum absolute atomic E-state index is 4.08. The van der Waals surface area contributed by atoms with E-state index in [0.717, 1.165) is 13.1 Å². The van der Waals surface area contributed by atoms with Crippen molar-refractivity contribution in [3.63, 3.8) is 0 Å². The van der Waals surface area contributed by atoms with Gasteiger partial charge in [-0.3, -0.25) is 0 Å². The van der Waals surface area contributed by atoms with E-state index in [2.05, 4.69) is 24.7 Å². The number of unbranched alkanes of at least 4 members (excludes halogenated alkanes) is 2. The average Bonchev–Trinajstić information content (AvgIpc) is 1.89. The minimum atomic E-state index is 0.951. The third-order valence-electron chi connectivity index (χ3n) is 1.14. The Balaban J connectivity index is 2.60. The second-order valence-electron chi connectivity index (χ2n) is 2.10. The van der Waals surface area contributed by atoms with Crippen molar-refractivity contribution in [2.45, 2.75) is 33.1 Å². The van der Waals surface area contributed by atoms with Crippen LogP contribution in [0.4, 0.5) is 0 Å². The fourth-order valence-corrected chi connectivity index (χ4v) is 0.632. The van der Waals surface area contributed by atoms with Gasteiger partial charge in [0, 0.05) is 13.1 Å². The monoisotopic (exact) mass is 129 g/mol. The summed E-state index contributed by atoms with van der Waals surface area (Å²) in [5, 5.41) is 0. The van der Waals surface area contributed by atoms with Gasteiger partial charge in [-0.05, 0) is 6.42 Å². The molecule has 2 nitrogen and oxygen atoms in total. The Bertz CT molecular complexity index is 40.2. The number of rotatable bonds is 6. The van der Waals surface area contributed by atoms with E-state index in [1.165, 1.54) is 19.3 Å². The molecule has 0 aromatic carbocycles. The van der Waals surface area contributed by atoms with Gasteiger partial charge >= 0.3 is 0 Å². The molecule has 0 atom stereocenters. The molecule has 0 saturated carbocycles. The lowest BCUT2D eigenvalue weighted by atomic mass is 10.2. The average molecular weight is 129 g/mol. The molecule has 0 fully saturated rings. The molecule has 0 aliphatic carbocycles. The highest BCUT2D eigenvalue weighted by atomic mass is 15.3. The predicted octanol–water partition coefficient (Wildman–Crippen LogP) is 1.31. The molecular formula is C7H17N2. The van der Waals surface area contributed by atoms with Crippen LogP contribution in [0.25, 0.3) is 0 Å². The summed E-state index contributed by atoms with van der Waals surface area (Å²) in [7, 11) is 0. The first-order valence-electron chi connectivity index (χ1n) is 3.81. The maximum Gasteiger partial charge on any atom is 0.0304 e. The van der Waals surface area contributed by atoms with Crippen LogP contribution in [0, 0.1) is 0 Å². The van der Waals surface area contributed by atoms with E-state index in [0.29, 0.717) is 0 Å². The second kappa shape index (κ2) is 7.92. The molecule has 2 heteroatoms. The molecule has 1 N–H and O–H groups in total. The first kappa shape index (κ1) is 8.92. The molecule has 0 aliphatic heterocycles. The smallest absolute Gasteiger partial charge is 0.0304 e. The largest absolute Gasteiger partial charge is 0.240 e. The van der Waals surface area contributed by atoms with Gasteiger partial charge in [0.15, 0.2) is 0 Å². The van der Waals surface area contributed by atoms with Gasteiger partial charge in [-0.2, -0.15) is 5.43 Å². The summed E-state index contributed by atoms with van der Waals surface area (Å²) in [6.45, 7) is 6.18. The van der Waals surface area contributed by atoms with E-state index in [1.54, 1.807) is 0 Å². The highest BCUT2D eigenvalue weighted by Crippen LogP contribution is 1.90. The molecule has 0 bridgehead atoms. The van der Waals surface area contributed by atoms with Gasteiger partial charge in [-0.15, -0.1) is 0 Å². The second-order valence-corrected chi connectivity index (χ2v) is 2.10. The van der Waals surface area contributed by atoms with Gasteiger partial charge in [0.25, 0.3) is 0 Å². The zero-order valence-electron chi connectivity index (χ0n) is 6.48. The van der Waals surface area contributed by atoms with Crippen LogP contribution in [-0.4, -0.2) is 13.1 Å². The quantitative estimate of drug-likeness (QED) is 0.424. The topological polar surface area (TPSA) is 26.1 Å². The lowest BCUT2D eigenvalue weighted by Crippen LogP contribution is -2.24. The van der Waals surface area contributed by atoms with Crippen molar-refractivity contribution in [1.82, 2.24) is 10.9 Å². The van der Waals surface area contributed by atoms with E-state index < -0.39 is 0 Å². The fourth-order valence-electron chi connectivity index (χ4n) is 0.632. The Labute approximate surface area is 58.0 Å². The molecule has 9 heavy (non-hydrogen) atoms. The third-order valence-corrected chi connectivity index (χ3v) is 1.14. The van der Waals surface area contributed by atoms with Crippen molar-refractivity contribution < 1.29 is 0 Å². The SMILES string of the molecule is CCCCC[N]NCC. The first-order chi connectivity index (χ1) is 4.41. The Morgan fingerprint density at radius 3 is 2.56 bits per heavy atom. The Hall–Kier alpha value is -0.0800. The van der Waals surface area contributed by atoms with Crippen LogP contribution < -0.4 is 10.9 Å². The van der Waals surface area contributed by atoms with Crippen molar-refractivity contribution in [2.24, 2.45) is 0 Å². The Morgan fingerprint density at radius 1 is 1.22 bits per heavy atom. The molecule has 0 heterocycles. The van der Waals surface area contributed by atoms with Gasteiger partial charge < -0.3 is 0 Å². The summed E-state index contributed by atoms with van der Waals surface area (Å²) >= 11 is 0. The number of hydrogen-bond donors (Lipinski definition) is 1. The molecular weight excluding hydrogens is 112 g/mol. The van der Waals surface area contributed by atoms with Crippen LogP contribution in [0.15, 0.2) is 0 Å². The maximum atomic E-state index is 4.08. The lowest BCUT2D eigenvalue weighted by Gasteiger charge is -1.98. The molecule has 0 amide bonds. The molecule has 55 valence electrons. The van der Waals surface area contributed by atoms with E-state index in [1.807, 2.05) is 0 Å². The standard InChI is InChI=1S/C7H17N2/c1-3-5-6-7-9-8-4-2/h8H,3-7H2,1-2H3.